The van der Waals surface area contributed by atoms with E-state index in [1.807, 2.05) is 24.3 Å². The topological polar surface area (TPSA) is 32.7 Å². The van der Waals surface area contributed by atoms with Crippen LogP contribution in [0.1, 0.15) is 29.9 Å². The van der Waals surface area contributed by atoms with Gasteiger partial charge in [0.1, 0.15) is 5.75 Å². The Hall–Kier alpha value is -1.84. The number of benzene rings is 2. The zero-order valence-corrected chi connectivity index (χ0v) is 14.4. The van der Waals surface area contributed by atoms with Crippen molar-refractivity contribution in [1.29, 1.82) is 0 Å². The van der Waals surface area contributed by atoms with Gasteiger partial charge in [0.15, 0.2) is 0 Å². The van der Waals surface area contributed by atoms with Crippen molar-refractivity contribution in [3.8, 4) is 5.75 Å². The number of aliphatic hydroxyl groups is 1. The number of hydrogen-bond donors (Lipinski definition) is 1. The molecule has 3 rings (SSSR count). The molecule has 1 saturated heterocycles. The molecule has 128 valence electrons. The zero-order chi connectivity index (χ0) is 16.8. The molecule has 3 heteroatoms. The van der Waals surface area contributed by atoms with Gasteiger partial charge in [0.25, 0.3) is 0 Å². The van der Waals surface area contributed by atoms with Crippen LogP contribution in [0.5, 0.6) is 5.75 Å². The van der Waals surface area contributed by atoms with Crippen LogP contribution in [-0.2, 0) is 6.42 Å². The lowest BCUT2D eigenvalue weighted by molar-refractivity contribution is 0.0971. The highest BCUT2D eigenvalue weighted by atomic mass is 16.5. The van der Waals surface area contributed by atoms with Gasteiger partial charge in [0, 0.05) is 6.54 Å². The Kier molecular flexibility index (Phi) is 5.89. The summed E-state index contributed by atoms with van der Waals surface area (Å²) in [6, 6.07) is 18.8. The van der Waals surface area contributed by atoms with E-state index in [0.29, 0.717) is 12.3 Å². The minimum absolute atomic E-state index is 0.313. The van der Waals surface area contributed by atoms with Crippen LogP contribution in [0.25, 0.3) is 0 Å². The predicted molar refractivity (Wildman–Crippen MR) is 97.6 cm³/mol. The summed E-state index contributed by atoms with van der Waals surface area (Å²) in [6.07, 6.45) is 2.74. The van der Waals surface area contributed by atoms with E-state index in [1.54, 1.807) is 7.11 Å². The number of nitrogens with zero attached hydrogens (tertiary/aromatic N) is 1. The number of aliphatic hydroxyl groups excluding tert-OH is 1. The molecule has 1 aliphatic heterocycles. The molecule has 1 atom stereocenters. The van der Waals surface area contributed by atoms with Gasteiger partial charge in [-0.05, 0) is 61.5 Å². The normalized spacial score (nSPS) is 17.6. The van der Waals surface area contributed by atoms with Crippen LogP contribution in [0.4, 0.5) is 0 Å². The molecule has 1 unspecified atom stereocenters. The molecule has 0 radical (unpaired) electrons. The number of hydrogen-bond acceptors (Lipinski definition) is 3. The maximum atomic E-state index is 10.4. The van der Waals surface area contributed by atoms with E-state index in [1.165, 1.54) is 18.4 Å². The lowest BCUT2D eigenvalue weighted by atomic mass is 9.89. The molecule has 0 aliphatic carbocycles. The molecule has 0 bridgehead atoms. The standard InChI is InChI=1S/C21H27NO2/c1-24-21-9-7-17(8-10-21)15-20(23)16-22-13-11-19(12-14-22)18-5-3-2-4-6-18/h2-10,19-20,23H,11-16H2,1H3. The fourth-order valence-electron chi connectivity index (χ4n) is 3.57. The fourth-order valence-corrected chi connectivity index (χ4v) is 3.57. The van der Waals surface area contributed by atoms with Gasteiger partial charge in [0.05, 0.1) is 13.2 Å². The molecule has 1 N–H and O–H groups in total. The average molecular weight is 325 g/mol. The fraction of sp³-hybridized carbons (Fsp3) is 0.429. The Labute approximate surface area is 144 Å². The van der Waals surface area contributed by atoms with Gasteiger partial charge in [-0.3, -0.25) is 0 Å². The lowest BCUT2D eigenvalue weighted by Gasteiger charge is -2.33. The Morgan fingerprint density at radius 2 is 1.71 bits per heavy atom. The quantitative estimate of drug-likeness (QED) is 0.882. The average Bonchev–Trinajstić information content (AvgIpc) is 2.64. The van der Waals surface area contributed by atoms with Crippen LogP contribution in [0.2, 0.25) is 0 Å². The van der Waals surface area contributed by atoms with E-state index >= 15 is 0 Å². The van der Waals surface area contributed by atoms with Crippen molar-refractivity contribution < 1.29 is 9.84 Å². The van der Waals surface area contributed by atoms with Crippen molar-refractivity contribution in [2.75, 3.05) is 26.7 Å². The molecule has 24 heavy (non-hydrogen) atoms. The third kappa shape index (κ3) is 4.59. The van der Waals surface area contributed by atoms with Crippen molar-refractivity contribution in [2.24, 2.45) is 0 Å². The summed E-state index contributed by atoms with van der Waals surface area (Å²) in [5, 5.41) is 10.4. The number of β-amino-alcohol motifs (C(OH)–C–C–N with tert-alkyl or cyclic N) is 1. The first-order valence-corrected chi connectivity index (χ1v) is 8.83. The van der Waals surface area contributed by atoms with Crippen LogP contribution >= 0.6 is 0 Å². The number of rotatable bonds is 6. The summed E-state index contributed by atoms with van der Waals surface area (Å²) in [7, 11) is 1.67. The van der Waals surface area contributed by atoms with E-state index in [0.717, 1.165) is 30.9 Å². The van der Waals surface area contributed by atoms with Gasteiger partial charge >= 0.3 is 0 Å². The maximum absolute atomic E-state index is 10.4. The van der Waals surface area contributed by atoms with E-state index in [-0.39, 0.29) is 6.10 Å². The number of methoxy groups -OCH3 is 1. The molecule has 2 aromatic rings. The first kappa shape index (κ1) is 17.0. The molecule has 0 aromatic heterocycles. The number of ether oxygens (including phenoxy) is 1. The van der Waals surface area contributed by atoms with Crippen LogP contribution in [-0.4, -0.2) is 42.9 Å². The summed E-state index contributed by atoms with van der Waals surface area (Å²) in [5.74, 6) is 1.53. The number of likely N-dealkylation sites (tertiary alicyclic amines) is 1. The highest BCUT2D eigenvalue weighted by Gasteiger charge is 2.22. The van der Waals surface area contributed by atoms with E-state index < -0.39 is 0 Å². The van der Waals surface area contributed by atoms with Gasteiger partial charge in [-0.15, -0.1) is 0 Å². The minimum Gasteiger partial charge on any atom is -0.497 e. The first-order chi connectivity index (χ1) is 11.7. The second-order valence-electron chi connectivity index (χ2n) is 6.69. The zero-order valence-electron chi connectivity index (χ0n) is 14.4. The Morgan fingerprint density at radius 3 is 2.33 bits per heavy atom. The molecular formula is C21H27NO2. The molecule has 2 aromatic carbocycles. The second kappa shape index (κ2) is 8.32. The third-order valence-electron chi connectivity index (χ3n) is 4.96. The van der Waals surface area contributed by atoms with Crippen molar-refractivity contribution in [1.82, 2.24) is 4.90 Å². The van der Waals surface area contributed by atoms with E-state index in [4.69, 9.17) is 4.74 Å². The predicted octanol–water partition coefficient (Wildman–Crippen LogP) is 3.48. The van der Waals surface area contributed by atoms with Gasteiger partial charge in [0.2, 0.25) is 0 Å². The molecule has 1 fully saturated rings. The Bertz CT molecular complexity index is 603. The summed E-state index contributed by atoms with van der Waals surface area (Å²) >= 11 is 0. The number of piperidine rings is 1. The van der Waals surface area contributed by atoms with Crippen molar-refractivity contribution in [2.45, 2.75) is 31.3 Å². The first-order valence-electron chi connectivity index (χ1n) is 8.83. The smallest absolute Gasteiger partial charge is 0.118 e. The molecular weight excluding hydrogens is 298 g/mol. The minimum atomic E-state index is -0.313. The third-order valence-corrected chi connectivity index (χ3v) is 4.96. The van der Waals surface area contributed by atoms with Gasteiger partial charge < -0.3 is 14.7 Å². The Morgan fingerprint density at radius 1 is 1.04 bits per heavy atom. The molecule has 0 spiro atoms. The monoisotopic (exact) mass is 325 g/mol. The van der Waals surface area contributed by atoms with E-state index in [2.05, 4.69) is 35.2 Å². The summed E-state index contributed by atoms with van der Waals surface area (Å²) < 4.78 is 5.17. The SMILES string of the molecule is COc1ccc(CC(O)CN2CCC(c3ccccc3)CC2)cc1. The molecule has 0 saturated carbocycles. The highest BCUT2D eigenvalue weighted by Crippen LogP contribution is 2.27. The van der Waals surface area contributed by atoms with Crippen molar-refractivity contribution >= 4 is 0 Å². The Balaban J connectivity index is 1.45. The maximum Gasteiger partial charge on any atom is 0.118 e. The van der Waals surface area contributed by atoms with Crippen molar-refractivity contribution in [3.05, 3.63) is 65.7 Å². The van der Waals surface area contributed by atoms with Gasteiger partial charge in [-0.2, -0.15) is 0 Å². The van der Waals surface area contributed by atoms with Crippen LogP contribution in [0.15, 0.2) is 54.6 Å². The van der Waals surface area contributed by atoms with Crippen LogP contribution in [0, 0.1) is 0 Å². The second-order valence-corrected chi connectivity index (χ2v) is 6.69. The molecule has 3 nitrogen and oxygen atoms in total. The van der Waals surface area contributed by atoms with Gasteiger partial charge in [-0.25, -0.2) is 0 Å². The molecule has 1 aliphatic rings. The van der Waals surface area contributed by atoms with Crippen molar-refractivity contribution in [3.63, 3.8) is 0 Å². The summed E-state index contributed by atoms with van der Waals surface area (Å²) in [5.41, 5.74) is 2.61. The molecule has 0 amide bonds. The highest BCUT2D eigenvalue weighted by molar-refractivity contribution is 5.27. The molecule has 1 heterocycles. The van der Waals surface area contributed by atoms with Crippen LogP contribution < -0.4 is 4.74 Å². The van der Waals surface area contributed by atoms with Crippen LogP contribution in [0.3, 0.4) is 0 Å². The van der Waals surface area contributed by atoms with E-state index in [9.17, 15) is 5.11 Å². The summed E-state index contributed by atoms with van der Waals surface area (Å²) in [6.45, 7) is 2.89. The summed E-state index contributed by atoms with van der Waals surface area (Å²) in [4.78, 5) is 2.40. The largest absolute Gasteiger partial charge is 0.497 e. The van der Waals surface area contributed by atoms with Gasteiger partial charge in [-0.1, -0.05) is 42.5 Å². The lowest BCUT2D eigenvalue weighted by Crippen LogP contribution is -2.39.